The molecule has 0 fully saturated rings. The van der Waals surface area contributed by atoms with Crippen molar-refractivity contribution >= 4 is 11.0 Å². The zero-order valence-corrected chi connectivity index (χ0v) is 16.7. The molecule has 0 saturated carbocycles. The summed E-state index contributed by atoms with van der Waals surface area (Å²) in [6.07, 6.45) is 0. The number of aryl methyl sites for hydroxylation is 1. The number of benzene rings is 2. The van der Waals surface area contributed by atoms with E-state index in [1.54, 1.807) is 13.2 Å². The van der Waals surface area contributed by atoms with Gasteiger partial charge in [0.2, 0.25) is 5.43 Å². The molecule has 5 nitrogen and oxygen atoms in total. The molecule has 146 valence electrons. The average Bonchev–Trinajstić information content (AvgIpc) is 2.68. The Labute approximate surface area is 164 Å². The van der Waals surface area contributed by atoms with E-state index in [0.717, 1.165) is 23.4 Å². The first-order valence-corrected chi connectivity index (χ1v) is 9.57. The summed E-state index contributed by atoms with van der Waals surface area (Å²) in [6, 6.07) is 11.2. The summed E-state index contributed by atoms with van der Waals surface area (Å²) in [6.45, 7) is 8.39. The minimum Gasteiger partial charge on any atom is -0.496 e. The lowest BCUT2D eigenvalue weighted by Crippen LogP contribution is -2.34. The number of para-hydroxylation sites is 1. The number of methoxy groups -OCH3 is 1. The highest BCUT2D eigenvalue weighted by atomic mass is 16.5. The first-order valence-electron chi connectivity index (χ1n) is 9.57. The van der Waals surface area contributed by atoms with Crippen LogP contribution >= 0.6 is 0 Å². The van der Waals surface area contributed by atoms with Crippen LogP contribution in [0.2, 0.25) is 0 Å². The molecule has 0 N–H and O–H groups in total. The molecule has 1 aliphatic rings. The summed E-state index contributed by atoms with van der Waals surface area (Å²) < 4.78 is 17.6. The van der Waals surface area contributed by atoms with Crippen LogP contribution < -0.4 is 14.9 Å². The molecule has 1 aromatic heterocycles. The monoisotopic (exact) mass is 379 g/mol. The van der Waals surface area contributed by atoms with Gasteiger partial charge in [0.1, 0.15) is 29.6 Å². The van der Waals surface area contributed by atoms with Crippen molar-refractivity contribution in [3.05, 3.63) is 57.9 Å². The molecule has 0 bridgehead atoms. The summed E-state index contributed by atoms with van der Waals surface area (Å²) in [5, 5.41) is 0.570. The van der Waals surface area contributed by atoms with Gasteiger partial charge in [0.25, 0.3) is 0 Å². The second-order valence-corrected chi connectivity index (χ2v) is 7.66. The lowest BCUT2D eigenvalue weighted by Gasteiger charge is -2.30. The molecule has 1 aliphatic heterocycles. The van der Waals surface area contributed by atoms with Crippen LogP contribution in [0, 0.1) is 12.8 Å². The van der Waals surface area contributed by atoms with E-state index in [-0.39, 0.29) is 5.43 Å². The zero-order chi connectivity index (χ0) is 19.8. The van der Waals surface area contributed by atoms with Gasteiger partial charge in [-0.1, -0.05) is 32.0 Å². The van der Waals surface area contributed by atoms with Crippen molar-refractivity contribution in [1.29, 1.82) is 0 Å². The van der Waals surface area contributed by atoms with Crippen molar-refractivity contribution in [2.24, 2.45) is 5.92 Å². The molecule has 0 spiro atoms. The Morgan fingerprint density at radius 2 is 1.96 bits per heavy atom. The lowest BCUT2D eigenvalue weighted by atomic mass is 9.99. The van der Waals surface area contributed by atoms with Gasteiger partial charge in [0.15, 0.2) is 0 Å². The number of fused-ring (bicyclic) bond motifs is 3. The van der Waals surface area contributed by atoms with E-state index in [4.69, 9.17) is 13.9 Å². The van der Waals surface area contributed by atoms with Gasteiger partial charge < -0.3 is 13.9 Å². The standard InChI is InChI=1S/C23H25NO4/c1-14(2)11-24-12-18-20(27-13-24)10-9-17-22(25)21(15(3)28-23(17)18)16-7-5-6-8-19(16)26-4/h5-10,14H,11-13H2,1-4H3. The van der Waals surface area contributed by atoms with E-state index >= 15 is 0 Å². The number of ether oxygens (including phenoxy) is 2. The molecule has 3 aromatic rings. The predicted octanol–water partition coefficient (Wildman–Crippen LogP) is 4.58. The molecular weight excluding hydrogens is 354 g/mol. The fourth-order valence-electron chi connectivity index (χ4n) is 3.92. The van der Waals surface area contributed by atoms with Crippen LogP contribution in [-0.4, -0.2) is 25.3 Å². The van der Waals surface area contributed by atoms with Crippen LogP contribution in [0.1, 0.15) is 25.2 Å². The van der Waals surface area contributed by atoms with E-state index in [1.807, 2.05) is 37.3 Å². The van der Waals surface area contributed by atoms with Crippen molar-refractivity contribution in [1.82, 2.24) is 4.90 Å². The van der Waals surface area contributed by atoms with Crippen LogP contribution in [0.3, 0.4) is 0 Å². The van der Waals surface area contributed by atoms with Gasteiger partial charge in [-0.3, -0.25) is 9.69 Å². The van der Waals surface area contributed by atoms with Gasteiger partial charge in [0.05, 0.1) is 23.6 Å². The van der Waals surface area contributed by atoms with Crippen molar-refractivity contribution in [3.8, 4) is 22.6 Å². The Morgan fingerprint density at radius 1 is 1.18 bits per heavy atom. The van der Waals surface area contributed by atoms with Gasteiger partial charge in [-0.25, -0.2) is 0 Å². The highest BCUT2D eigenvalue weighted by Crippen LogP contribution is 2.36. The number of nitrogens with zero attached hydrogens (tertiary/aromatic N) is 1. The molecule has 2 aromatic carbocycles. The Bertz CT molecular complexity index is 1080. The molecule has 0 amide bonds. The molecule has 4 rings (SSSR count). The fraction of sp³-hybridized carbons (Fsp3) is 0.348. The zero-order valence-electron chi connectivity index (χ0n) is 16.7. The van der Waals surface area contributed by atoms with Crippen LogP contribution in [0.15, 0.2) is 45.6 Å². The SMILES string of the molecule is COc1ccccc1-c1c(C)oc2c3c(ccc2c1=O)OCN(CC(C)C)C3. The third-order valence-electron chi connectivity index (χ3n) is 5.08. The van der Waals surface area contributed by atoms with Crippen LogP contribution in [0.5, 0.6) is 11.5 Å². The summed E-state index contributed by atoms with van der Waals surface area (Å²) in [4.78, 5) is 15.6. The summed E-state index contributed by atoms with van der Waals surface area (Å²) in [5.74, 6) is 2.56. The molecule has 0 atom stereocenters. The molecule has 5 heteroatoms. The Hall–Kier alpha value is -2.79. The molecule has 0 aliphatic carbocycles. The van der Waals surface area contributed by atoms with Gasteiger partial charge in [-0.05, 0) is 31.0 Å². The smallest absolute Gasteiger partial charge is 0.200 e. The highest BCUT2D eigenvalue weighted by molar-refractivity contribution is 5.87. The largest absolute Gasteiger partial charge is 0.496 e. The first-order chi connectivity index (χ1) is 13.5. The predicted molar refractivity (Wildman–Crippen MR) is 110 cm³/mol. The lowest BCUT2D eigenvalue weighted by molar-refractivity contribution is 0.0848. The quantitative estimate of drug-likeness (QED) is 0.664. The van der Waals surface area contributed by atoms with Crippen molar-refractivity contribution in [2.75, 3.05) is 20.4 Å². The Morgan fingerprint density at radius 3 is 2.71 bits per heavy atom. The van der Waals surface area contributed by atoms with Gasteiger partial charge in [-0.15, -0.1) is 0 Å². The summed E-state index contributed by atoms with van der Waals surface area (Å²) in [7, 11) is 1.61. The third-order valence-corrected chi connectivity index (χ3v) is 5.08. The molecule has 28 heavy (non-hydrogen) atoms. The number of hydrogen-bond acceptors (Lipinski definition) is 5. The maximum absolute atomic E-state index is 13.4. The third kappa shape index (κ3) is 3.16. The minimum absolute atomic E-state index is 0.0490. The average molecular weight is 379 g/mol. The maximum Gasteiger partial charge on any atom is 0.200 e. The molecular formula is C23H25NO4. The fourth-order valence-corrected chi connectivity index (χ4v) is 3.92. The van der Waals surface area contributed by atoms with E-state index in [0.29, 0.717) is 47.2 Å². The maximum atomic E-state index is 13.4. The normalized spacial score (nSPS) is 14.2. The van der Waals surface area contributed by atoms with Gasteiger partial charge >= 0.3 is 0 Å². The Balaban J connectivity index is 1.89. The number of rotatable bonds is 4. The van der Waals surface area contributed by atoms with Crippen LogP contribution in [-0.2, 0) is 6.54 Å². The molecule has 2 heterocycles. The molecule has 0 unspecified atom stereocenters. The first kappa shape index (κ1) is 18.6. The van der Waals surface area contributed by atoms with Crippen LogP contribution in [0.4, 0.5) is 0 Å². The number of hydrogen-bond donors (Lipinski definition) is 0. The van der Waals surface area contributed by atoms with Crippen molar-refractivity contribution in [3.63, 3.8) is 0 Å². The summed E-state index contributed by atoms with van der Waals surface area (Å²) >= 11 is 0. The Kier molecular flexibility index (Phi) is 4.85. The van der Waals surface area contributed by atoms with E-state index < -0.39 is 0 Å². The van der Waals surface area contributed by atoms with Crippen molar-refractivity contribution in [2.45, 2.75) is 27.3 Å². The van der Waals surface area contributed by atoms with Crippen molar-refractivity contribution < 1.29 is 13.9 Å². The molecule has 0 saturated heterocycles. The van der Waals surface area contributed by atoms with E-state index in [9.17, 15) is 4.79 Å². The second-order valence-electron chi connectivity index (χ2n) is 7.66. The second kappa shape index (κ2) is 7.32. The van der Waals surface area contributed by atoms with Gasteiger partial charge in [0, 0.05) is 18.7 Å². The highest BCUT2D eigenvalue weighted by Gasteiger charge is 2.24. The van der Waals surface area contributed by atoms with E-state index in [1.165, 1.54) is 0 Å². The minimum atomic E-state index is -0.0490. The van der Waals surface area contributed by atoms with Gasteiger partial charge in [-0.2, -0.15) is 0 Å². The van der Waals surface area contributed by atoms with Crippen LogP contribution in [0.25, 0.3) is 22.1 Å². The summed E-state index contributed by atoms with van der Waals surface area (Å²) in [5.41, 5.74) is 2.80. The topological polar surface area (TPSA) is 51.9 Å². The molecule has 0 radical (unpaired) electrons. The van der Waals surface area contributed by atoms with E-state index in [2.05, 4.69) is 18.7 Å².